The van der Waals surface area contributed by atoms with Gasteiger partial charge in [-0.3, -0.25) is 4.79 Å². The van der Waals surface area contributed by atoms with Crippen molar-refractivity contribution in [2.75, 3.05) is 12.4 Å². The Balaban J connectivity index is 2.04. The van der Waals surface area contributed by atoms with E-state index in [-0.39, 0.29) is 17.0 Å². The van der Waals surface area contributed by atoms with Crippen LogP contribution in [-0.4, -0.2) is 18.3 Å². The number of aryl methyl sites for hydroxylation is 1. The van der Waals surface area contributed by atoms with Crippen molar-refractivity contribution in [2.24, 2.45) is 0 Å². The molecule has 1 atom stereocenters. The molecule has 116 valence electrons. The zero-order valence-electron chi connectivity index (χ0n) is 12.7. The van der Waals surface area contributed by atoms with Gasteiger partial charge in [0, 0.05) is 5.69 Å². The van der Waals surface area contributed by atoms with Crippen LogP contribution in [0.15, 0.2) is 47.4 Å². The fraction of sp³-hybridized carbons (Fsp3) is 0.235. The Bertz CT molecular complexity index is 675. The lowest BCUT2D eigenvalue weighted by molar-refractivity contribution is -0.115. The maximum atomic E-state index is 13.5. The monoisotopic (exact) mass is 319 g/mol. The van der Waals surface area contributed by atoms with E-state index >= 15 is 0 Å². The lowest BCUT2D eigenvalue weighted by Gasteiger charge is -2.14. The highest BCUT2D eigenvalue weighted by Crippen LogP contribution is 2.32. The third kappa shape index (κ3) is 4.01. The molecule has 0 aliphatic carbocycles. The molecule has 0 fully saturated rings. The van der Waals surface area contributed by atoms with Crippen LogP contribution in [0, 0.1) is 12.7 Å². The Labute approximate surface area is 133 Å². The van der Waals surface area contributed by atoms with Crippen LogP contribution in [0.25, 0.3) is 0 Å². The van der Waals surface area contributed by atoms with Gasteiger partial charge in [-0.1, -0.05) is 18.2 Å². The number of para-hydroxylation sites is 1. The smallest absolute Gasteiger partial charge is 0.237 e. The fourth-order valence-corrected chi connectivity index (χ4v) is 2.85. The summed E-state index contributed by atoms with van der Waals surface area (Å²) < 4.78 is 18.8. The van der Waals surface area contributed by atoms with Gasteiger partial charge >= 0.3 is 0 Å². The second-order valence-electron chi connectivity index (χ2n) is 4.86. The molecular formula is C17H18FNO2S. The molecule has 5 heteroatoms. The molecule has 0 radical (unpaired) electrons. The van der Waals surface area contributed by atoms with Crippen molar-refractivity contribution in [3.05, 3.63) is 53.8 Å². The Kier molecular flexibility index (Phi) is 5.44. The van der Waals surface area contributed by atoms with E-state index in [1.54, 1.807) is 33.1 Å². The number of ether oxygens (including phenoxy) is 1. The van der Waals surface area contributed by atoms with Gasteiger partial charge in [0.2, 0.25) is 5.91 Å². The van der Waals surface area contributed by atoms with Crippen molar-refractivity contribution in [1.29, 1.82) is 0 Å². The summed E-state index contributed by atoms with van der Waals surface area (Å²) in [4.78, 5) is 13.1. The molecule has 1 N–H and O–H groups in total. The van der Waals surface area contributed by atoms with Crippen LogP contribution in [0.5, 0.6) is 5.75 Å². The molecule has 0 bridgehead atoms. The number of carbonyl (C=O) groups is 1. The molecule has 22 heavy (non-hydrogen) atoms. The number of hydrogen-bond acceptors (Lipinski definition) is 3. The maximum Gasteiger partial charge on any atom is 0.237 e. The van der Waals surface area contributed by atoms with Crippen molar-refractivity contribution in [3.8, 4) is 5.75 Å². The quantitative estimate of drug-likeness (QED) is 0.837. The highest BCUT2D eigenvalue weighted by molar-refractivity contribution is 8.00. The fourth-order valence-electron chi connectivity index (χ4n) is 1.87. The van der Waals surface area contributed by atoms with Crippen molar-refractivity contribution in [3.63, 3.8) is 0 Å². The first-order chi connectivity index (χ1) is 10.5. The van der Waals surface area contributed by atoms with E-state index in [0.717, 1.165) is 10.6 Å². The number of benzene rings is 2. The Hall–Kier alpha value is -2.01. The molecule has 1 amide bonds. The van der Waals surface area contributed by atoms with Gasteiger partial charge in [-0.15, -0.1) is 11.8 Å². The minimum Gasteiger partial charge on any atom is -0.496 e. The van der Waals surface area contributed by atoms with Crippen molar-refractivity contribution < 1.29 is 13.9 Å². The van der Waals surface area contributed by atoms with Crippen molar-refractivity contribution >= 4 is 23.4 Å². The van der Waals surface area contributed by atoms with Crippen LogP contribution in [-0.2, 0) is 4.79 Å². The third-order valence-electron chi connectivity index (χ3n) is 3.18. The Morgan fingerprint density at radius 3 is 2.68 bits per heavy atom. The summed E-state index contributed by atoms with van der Waals surface area (Å²) in [5.41, 5.74) is 1.01. The lowest BCUT2D eigenvalue weighted by Crippen LogP contribution is -2.22. The zero-order chi connectivity index (χ0) is 16.1. The zero-order valence-corrected chi connectivity index (χ0v) is 13.5. The molecule has 0 heterocycles. The van der Waals surface area contributed by atoms with E-state index in [1.807, 2.05) is 24.3 Å². The molecular weight excluding hydrogens is 301 g/mol. The van der Waals surface area contributed by atoms with Crippen LogP contribution >= 0.6 is 11.8 Å². The number of thioether (sulfide) groups is 1. The molecule has 0 aromatic heterocycles. The summed E-state index contributed by atoms with van der Waals surface area (Å²) in [5, 5.41) is 2.39. The number of halogens is 1. The van der Waals surface area contributed by atoms with Crippen LogP contribution in [0.4, 0.5) is 10.1 Å². The molecule has 2 aromatic rings. The Morgan fingerprint density at radius 1 is 1.27 bits per heavy atom. The third-order valence-corrected chi connectivity index (χ3v) is 4.34. The molecule has 0 spiro atoms. The second kappa shape index (κ2) is 7.31. The first-order valence-corrected chi connectivity index (χ1v) is 7.76. The normalized spacial score (nSPS) is 11.8. The first-order valence-electron chi connectivity index (χ1n) is 6.88. The van der Waals surface area contributed by atoms with Gasteiger partial charge in [-0.05, 0) is 43.7 Å². The SMILES string of the molecule is COc1ccccc1SC(C)C(=O)Nc1ccc(C)c(F)c1. The van der Waals surface area contributed by atoms with Gasteiger partial charge in [-0.2, -0.15) is 0 Å². The summed E-state index contributed by atoms with van der Waals surface area (Å²) in [6.45, 7) is 3.48. The predicted octanol–water partition coefficient (Wildman–Crippen LogP) is 4.26. The van der Waals surface area contributed by atoms with Crippen LogP contribution in [0.1, 0.15) is 12.5 Å². The average Bonchev–Trinajstić information content (AvgIpc) is 2.51. The lowest BCUT2D eigenvalue weighted by atomic mass is 10.2. The van der Waals surface area contributed by atoms with E-state index < -0.39 is 0 Å². The number of carbonyl (C=O) groups excluding carboxylic acids is 1. The number of anilines is 1. The minimum atomic E-state index is -0.333. The van der Waals surface area contributed by atoms with Crippen molar-refractivity contribution in [1.82, 2.24) is 0 Å². The maximum absolute atomic E-state index is 13.5. The van der Waals surface area contributed by atoms with Gasteiger partial charge in [0.25, 0.3) is 0 Å². The van der Waals surface area contributed by atoms with Crippen LogP contribution in [0.2, 0.25) is 0 Å². The molecule has 0 saturated carbocycles. The van der Waals surface area contributed by atoms with Crippen molar-refractivity contribution in [2.45, 2.75) is 24.0 Å². The largest absolute Gasteiger partial charge is 0.496 e. The molecule has 3 nitrogen and oxygen atoms in total. The van der Waals surface area contributed by atoms with Crippen LogP contribution in [0.3, 0.4) is 0 Å². The average molecular weight is 319 g/mol. The van der Waals surface area contributed by atoms with Gasteiger partial charge in [-0.25, -0.2) is 4.39 Å². The Morgan fingerprint density at radius 2 is 2.00 bits per heavy atom. The van der Waals surface area contributed by atoms with Crippen LogP contribution < -0.4 is 10.1 Å². The van der Waals surface area contributed by atoms with Gasteiger partial charge in [0.1, 0.15) is 11.6 Å². The van der Waals surface area contributed by atoms with Gasteiger partial charge in [0.05, 0.1) is 17.3 Å². The first kappa shape index (κ1) is 16.4. The summed E-state index contributed by atoms with van der Waals surface area (Å²) in [5.74, 6) is 0.218. The minimum absolute atomic E-state index is 0.181. The summed E-state index contributed by atoms with van der Waals surface area (Å²) in [6.07, 6.45) is 0. The molecule has 2 rings (SSSR count). The van der Waals surface area contributed by atoms with E-state index in [4.69, 9.17) is 4.74 Å². The number of hydrogen-bond donors (Lipinski definition) is 1. The molecule has 0 saturated heterocycles. The molecule has 0 aliphatic rings. The molecule has 1 unspecified atom stereocenters. The number of methoxy groups -OCH3 is 1. The van der Waals surface area contributed by atoms with E-state index in [2.05, 4.69) is 5.32 Å². The summed E-state index contributed by atoms with van der Waals surface area (Å²) in [6, 6.07) is 12.2. The number of rotatable bonds is 5. The van der Waals surface area contributed by atoms with Gasteiger partial charge in [0.15, 0.2) is 0 Å². The highest BCUT2D eigenvalue weighted by atomic mass is 32.2. The van der Waals surface area contributed by atoms with Gasteiger partial charge < -0.3 is 10.1 Å². The standard InChI is InChI=1S/C17H18FNO2S/c1-11-8-9-13(10-14(11)18)19-17(20)12(2)22-16-7-5-4-6-15(16)21-3/h4-10,12H,1-3H3,(H,19,20). The van der Waals surface area contributed by atoms with E-state index in [0.29, 0.717) is 11.3 Å². The number of nitrogens with one attached hydrogen (secondary N) is 1. The predicted molar refractivity (Wildman–Crippen MR) is 88.1 cm³/mol. The van der Waals surface area contributed by atoms with E-state index in [9.17, 15) is 9.18 Å². The topological polar surface area (TPSA) is 38.3 Å². The molecule has 2 aromatic carbocycles. The highest BCUT2D eigenvalue weighted by Gasteiger charge is 2.17. The second-order valence-corrected chi connectivity index (χ2v) is 6.25. The number of amides is 1. The summed E-state index contributed by atoms with van der Waals surface area (Å²) in [7, 11) is 1.60. The molecule has 0 aliphatic heterocycles. The summed E-state index contributed by atoms with van der Waals surface area (Å²) >= 11 is 1.40. The van der Waals surface area contributed by atoms with E-state index in [1.165, 1.54) is 17.8 Å².